The fraction of sp³-hybridized carbons (Fsp3) is 0.500. The minimum atomic E-state index is -4.98. The first kappa shape index (κ1) is 30.3. The first-order valence-electron chi connectivity index (χ1n) is 14.4. The van der Waals surface area contributed by atoms with Gasteiger partial charge in [-0.3, -0.25) is 4.90 Å². The molecule has 0 amide bonds. The fourth-order valence-electron chi connectivity index (χ4n) is 6.66. The lowest BCUT2D eigenvalue weighted by atomic mass is 9.94. The van der Waals surface area contributed by atoms with Gasteiger partial charge in [0.05, 0.1) is 34.3 Å². The third-order valence-electron chi connectivity index (χ3n) is 8.63. The molecule has 3 aromatic rings. The van der Waals surface area contributed by atoms with E-state index in [1.165, 1.54) is 0 Å². The molecule has 0 saturated carbocycles. The van der Waals surface area contributed by atoms with E-state index in [4.69, 9.17) is 15.2 Å². The summed E-state index contributed by atoms with van der Waals surface area (Å²) in [7, 11) is 3.78. The second-order valence-electron chi connectivity index (χ2n) is 12.1. The molecule has 2 saturated heterocycles. The maximum absolute atomic E-state index is 16.6. The second kappa shape index (κ2) is 11.0. The third-order valence-corrected chi connectivity index (χ3v) is 8.63. The summed E-state index contributed by atoms with van der Waals surface area (Å²) in [5.41, 5.74) is 2.52. The van der Waals surface area contributed by atoms with Crippen LogP contribution >= 0.6 is 0 Å². The number of ether oxygens (including phenoxy) is 2. The van der Waals surface area contributed by atoms with Crippen molar-refractivity contribution >= 4 is 22.5 Å². The lowest BCUT2D eigenvalue weighted by Crippen LogP contribution is -2.43. The highest BCUT2D eigenvalue weighted by molar-refractivity contribution is 5.99. The molecule has 2 fully saturated rings. The van der Waals surface area contributed by atoms with Crippen molar-refractivity contribution in [3.63, 3.8) is 0 Å². The Morgan fingerprint density at radius 1 is 1.16 bits per heavy atom. The van der Waals surface area contributed by atoms with Crippen LogP contribution in [0.1, 0.15) is 30.4 Å². The maximum atomic E-state index is 16.6. The van der Waals surface area contributed by atoms with E-state index in [2.05, 4.69) is 26.4 Å². The number of pyridine rings is 1. The molecule has 2 N–H and O–H groups in total. The molecule has 1 atom stereocenters. The van der Waals surface area contributed by atoms with Gasteiger partial charge in [-0.05, 0) is 58.5 Å². The summed E-state index contributed by atoms with van der Waals surface area (Å²) in [6.07, 6.45) is -2.37. The predicted octanol–water partition coefficient (Wildman–Crippen LogP) is 4.81. The minimum Gasteiger partial charge on any atom is -0.488 e. The molecular formula is C30H34F5N7O2. The number of rotatable bonds is 7. The van der Waals surface area contributed by atoms with E-state index < -0.39 is 45.9 Å². The Labute approximate surface area is 251 Å². The predicted molar refractivity (Wildman–Crippen MR) is 156 cm³/mol. The number of aryl methyl sites for hydroxylation is 1. The average Bonchev–Trinajstić information content (AvgIpc) is 3.38. The summed E-state index contributed by atoms with van der Waals surface area (Å²) in [4.78, 5) is 18.8. The van der Waals surface area contributed by atoms with Crippen LogP contribution in [-0.2, 0) is 6.18 Å². The van der Waals surface area contributed by atoms with Crippen molar-refractivity contribution in [1.82, 2.24) is 24.8 Å². The Balaban J connectivity index is 1.56. The van der Waals surface area contributed by atoms with E-state index in [1.807, 2.05) is 23.9 Å². The van der Waals surface area contributed by atoms with Crippen molar-refractivity contribution in [1.29, 1.82) is 0 Å². The number of anilines is 2. The molecule has 14 heteroatoms. The van der Waals surface area contributed by atoms with Gasteiger partial charge in [-0.15, -0.1) is 0 Å². The van der Waals surface area contributed by atoms with Crippen LogP contribution in [0.3, 0.4) is 0 Å². The van der Waals surface area contributed by atoms with Crippen molar-refractivity contribution in [2.24, 2.45) is 0 Å². The fourth-order valence-corrected chi connectivity index (χ4v) is 6.66. The SMILES string of the molecule is C=C1CN2CCC[C@@]2(COc2nc3c4c(c(F)c(-c5nc(N)cc(C)c5C(F)(F)F)c(F)c4n2)OCCN3CCN(C)C)C1. The number of likely N-dealkylation sites (N-methyl/N-ethyl adjacent to an activating group) is 1. The molecule has 0 spiro atoms. The van der Waals surface area contributed by atoms with Gasteiger partial charge in [-0.25, -0.2) is 13.8 Å². The third kappa shape index (κ3) is 5.17. The Bertz CT molecular complexity index is 1650. The molecule has 0 aliphatic carbocycles. The van der Waals surface area contributed by atoms with Gasteiger partial charge in [0.2, 0.25) is 0 Å². The number of hydrogen-bond acceptors (Lipinski definition) is 9. The lowest BCUT2D eigenvalue weighted by Gasteiger charge is -2.31. The van der Waals surface area contributed by atoms with Crippen molar-refractivity contribution < 1.29 is 31.4 Å². The van der Waals surface area contributed by atoms with E-state index in [1.54, 1.807) is 0 Å². The lowest BCUT2D eigenvalue weighted by molar-refractivity contribution is -0.137. The molecule has 9 nitrogen and oxygen atoms in total. The Kier molecular flexibility index (Phi) is 7.55. The first-order valence-corrected chi connectivity index (χ1v) is 14.4. The van der Waals surface area contributed by atoms with Crippen LogP contribution in [0.25, 0.3) is 22.2 Å². The van der Waals surface area contributed by atoms with E-state index >= 15 is 8.78 Å². The zero-order valence-electron chi connectivity index (χ0n) is 24.8. The highest BCUT2D eigenvalue weighted by Gasteiger charge is 2.47. The number of benzene rings is 1. The molecule has 44 heavy (non-hydrogen) atoms. The van der Waals surface area contributed by atoms with Crippen LogP contribution < -0.4 is 20.1 Å². The van der Waals surface area contributed by atoms with Gasteiger partial charge in [0.15, 0.2) is 17.4 Å². The summed E-state index contributed by atoms with van der Waals surface area (Å²) in [5, 5.41) is -0.0866. The number of alkyl halides is 3. The molecule has 236 valence electrons. The average molecular weight is 620 g/mol. The first-order chi connectivity index (χ1) is 20.8. The number of halogens is 5. The van der Waals surface area contributed by atoms with Gasteiger partial charge < -0.3 is 25.0 Å². The number of nitrogen functional groups attached to an aromatic ring is 1. The Morgan fingerprint density at radius 3 is 2.66 bits per heavy atom. The Morgan fingerprint density at radius 2 is 1.93 bits per heavy atom. The molecule has 6 rings (SSSR count). The topological polar surface area (TPSA) is 92.9 Å². The molecule has 3 aliphatic rings. The van der Waals surface area contributed by atoms with Crippen LogP contribution in [-0.4, -0.2) is 90.3 Å². The quantitative estimate of drug-likeness (QED) is 0.296. The number of hydrogen-bond donors (Lipinski definition) is 1. The summed E-state index contributed by atoms with van der Waals surface area (Å²) in [5.74, 6) is -3.28. The van der Waals surface area contributed by atoms with Gasteiger partial charge in [0.1, 0.15) is 30.4 Å². The van der Waals surface area contributed by atoms with Crippen LogP contribution in [0.15, 0.2) is 18.2 Å². The summed E-state index contributed by atoms with van der Waals surface area (Å²) < 4.78 is 87.6. The van der Waals surface area contributed by atoms with E-state index in [0.717, 1.165) is 50.9 Å². The smallest absolute Gasteiger partial charge is 0.418 e. The van der Waals surface area contributed by atoms with Gasteiger partial charge in [0.25, 0.3) is 0 Å². The summed E-state index contributed by atoms with van der Waals surface area (Å²) in [6, 6.07) is 0.839. The molecule has 3 aliphatic heterocycles. The normalized spacial score (nSPS) is 20.4. The number of nitrogens with zero attached hydrogens (tertiary/aromatic N) is 6. The standard InChI is InChI=1S/C30H34F5N7O2/c1-16-13-29(6-5-7-42(29)14-16)15-44-28-38-25-20-26(43-11-10-41(27(20)39-28)9-8-40(3)4)23(32)19(22(25)31)24-21(30(33,34)35)17(2)12-18(36)37-24/h12H,1,5-11,13-15H2,2-4H3,(H2,36,37)/t29-/m0/s1. The summed E-state index contributed by atoms with van der Waals surface area (Å²) in [6.45, 7) is 8.40. The molecule has 0 radical (unpaired) electrons. The van der Waals surface area contributed by atoms with Crippen molar-refractivity contribution in [3.8, 4) is 23.0 Å². The van der Waals surface area contributed by atoms with Crippen LogP contribution in [0, 0.1) is 18.6 Å². The van der Waals surface area contributed by atoms with E-state index in [-0.39, 0.29) is 53.9 Å². The maximum Gasteiger partial charge on any atom is 0.418 e. The zero-order valence-corrected chi connectivity index (χ0v) is 24.8. The van der Waals surface area contributed by atoms with Crippen molar-refractivity contribution in [3.05, 3.63) is 41.0 Å². The van der Waals surface area contributed by atoms with Crippen LogP contribution in [0.5, 0.6) is 11.8 Å². The van der Waals surface area contributed by atoms with Gasteiger partial charge in [0, 0.05) is 19.6 Å². The second-order valence-corrected chi connectivity index (χ2v) is 12.1. The molecule has 1 aromatic carbocycles. The van der Waals surface area contributed by atoms with Crippen molar-refractivity contribution in [2.45, 2.75) is 37.9 Å². The molecule has 2 aromatic heterocycles. The van der Waals surface area contributed by atoms with Gasteiger partial charge in [-0.2, -0.15) is 23.1 Å². The van der Waals surface area contributed by atoms with Crippen LogP contribution in [0.2, 0.25) is 0 Å². The monoisotopic (exact) mass is 619 g/mol. The molecule has 5 heterocycles. The number of nitrogens with two attached hydrogens (primary N) is 1. The molecule has 0 bridgehead atoms. The van der Waals surface area contributed by atoms with Gasteiger partial charge in [-0.1, -0.05) is 12.2 Å². The number of aromatic nitrogens is 3. The summed E-state index contributed by atoms with van der Waals surface area (Å²) >= 11 is 0. The molecule has 0 unspecified atom stereocenters. The molecular weight excluding hydrogens is 585 g/mol. The van der Waals surface area contributed by atoms with Gasteiger partial charge >= 0.3 is 12.2 Å². The number of fused-ring (bicyclic) bond motifs is 1. The largest absolute Gasteiger partial charge is 0.488 e. The Hall–Kier alpha value is -3.78. The highest BCUT2D eigenvalue weighted by atomic mass is 19.4. The van der Waals surface area contributed by atoms with Crippen molar-refractivity contribution in [2.75, 3.05) is 70.7 Å². The zero-order chi connectivity index (χ0) is 31.6. The van der Waals surface area contributed by atoms with E-state index in [9.17, 15) is 13.2 Å². The minimum absolute atomic E-state index is 0.0350. The van der Waals surface area contributed by atoms with Crippen LogP contribution in [0.4, 0.5) is 33.6 Å². The van der Waals surface area contributed by atoms with E-state index in [0.29, 0.717) is 13.1 Å². The highest BCUT2D eigenvalue weighted by Crippen LogP contribution is 2.47.